The molecule has 3 spiro atoms. The zero-order chi connectivity index (χ0) is 16.2. The van der Waals surface area contributed by atoms with Gasteiger partial charge in [0.25, 0.3) is 0 Å². The van der Waals surface area contributed by atoms with Gasteiger partial charge < -0.3 is 10.1 Å². The molecule has 4 heteroatoms. The van der Waals surface area contributed by atoms with E-state index in [-0.39, 0.29) is 16.4 Å². The Morgan fingerprint density at radius 2 is 2.12 bits per heavy atom. The lowest BCUT2D eigenvalue weighted by atomic mass is 9.41. The Balaban J connectivity index is 1.68. The number of benzene rings is 1. The van der Waals surface area contributed by atoms with Gasteiger partial charge in [0.1, 0.15) is 11.3 Å². The number of carbonyl (C=O) groups excluding carboxylic acids is 1. The summed E-state index contributed by atoms with van der Waals surface area (Å²) in [7, 11) is 1.73. The number of hydrogen-bond donors (Lipinski definition) is 1. The fraction of sp³-hybridized carbons (Fsp3) is 0.650. The second-order valence-electron chi connectivity index (χ2n) is 8.64. The molecule has 24 heavy (non-hydrogen) atoms. The average molecular weight is 324 g/mol. The second-order valence-corrected chi connectivity index (χ2v) is 8.64. The monoisotopic (exact) mass is 324 g/mol. The van der Waals surface area contributed by atoms with Crippen molar-refractivity contribution in [1.82, 2.24) is 4.90 Å². The molecule has 7 rings (SSSR count). The maximum atomic E-state index is 13.4. The normalized spacial score (nSPS) is 44.7. The molecule has 0 aromatic heterocycles. The van der Waals surface area contributed by atoms with Crippen molar-refractivity contribution in [3.05, 3.63) is 23.8 Å². The molecule has 126 valence electrons. The van der Waals surface area contributed by atoms with Crippen molar-refractivity contribution in [2.24, 2.45) is 5.41 Å². The number of ketones is 1. The number of hydrogen-bond acceptors (Lipinski definition) is 4. The van der Waals surface area contributed by atoms with Crippen LogP contribution >= 0.6 is 0 Å². The van der Waals surface area contributed by atoms with Crippen LogP contribution in [0.1, 0.15) is 44.1 Å². The lowest BCUT2D eigenvalue weighted by Gasteiger charge is -2.65. The van der Waals surface area contributed by atoms with Crippen LogP contribution in [0.4, 0.5) is 5.69 Å². The molecule has 3 heterocycles. The largest absolute Gasteiger partial charge is 0.495 e. The SMILES string of the molecule is COc1cccc2c1NC13CCC4(CCCN5CCC21C54)CC3=O. The zero-order valence-corrected chi connectivity index (χ0v) is 14.2. The van der Waals surface area contributed by atoms with E-state index in [4.69, 9.17) is 4.74 Å². The summed E-state index contributed by atoms with van der Waals surface area (Å²) in [4.78, 5) is 16.2. The van der Waals surface area contributed by atoms with Crippen molar-refractivity contribution in [3.63, 3.8) is 0 Å². The molecule has 4 nitrogen and oxygen atoms in total. The number of fused-ring (bicyclic) bond motifs is 3. The van der Waals surface area contributed by atoms with Crippen LogP contribution in [-0.2, 0) is 10.2 Å². The van der Waals surface area contributed by atoms with Gasteiger partial charge >= 0.3 is 0 Å². The average Bonchev–Trinajstić information content (AvgIpc) is 3.14. The molecular formula is C20H24N2O2. The van der Waals surface area contributed by atoms with Crippen LogP contribution in [0.2, 0.25) is 0 Å². The van der Waals surface area contributed by atoms with E-state index in [2.05, 4.69) is 22.3 Å². The first kappa shape index (κ1) is 13.7. The molecule has 6 aliphatic rings. The number of methoxy groups -OCH3 is 1. The summed E-state index contributed by atoms with van der Waals surface area (Å²) < 4.78 is 5.65. The van der Waals surface area contributed by atoms with Crippen LogP contribution in [0, 0.1) is 5.41 Å². The van der Waals surface area contributed by atoms with Crippen LogP contribution in [0.5, 0.6) is 5.75 Å². The number of anilines is 1. The van der Waals surface area contributed by atoms with Gasteiger partial charge in [-0.25, -0.2) is 0 Å². The van der Waals surface area contributed by atoms with E-state index in [0.717, 1.165) is 37.2 Å². The van der Waals surface area contributed by atoms with E-state index in [1.54, 1.807) is 7.11 Å². The Kier molecular flexibility index (Phi) is 2.28. The maximum Gasteiger partial charge on any atom is 0.159 e. The van der Waals surface area contributed by atoms with Crippen molar-refractivity contribution in [3.8, 4) is 5.75 Å². The number of carbonyl (C=O) groups is 1. The quantitative estimate of drug-likeness (QED) is 0.862. The minimum absolute atomic E-state index is 0.0368. The number of rotatable bonds is 1. The third-order valence-electron chi connectivity index (χ3n) is 8.14. The minimum atomic E-state index is -0.386. The Morgan fingerprint density at radius 3 is 2.96 bits per heavy atom. The molecule has 0 amide bonds. The van der Waals surface area contributed by atoms with Gasteiger partial charge in [0.05, 0.1) is 12.8 Å². The van der Waals surface area contributed by atoms with Gasteiger partial charge in [-0.2, -0.15) is 0 Å². The maximum absolute atomic E-state index is 13.4. The summed E-state index contributed by atoms with van der Waals surface area (Å²) in [6, 6.07) is 6.93. The number of ether oxygens (including phenoxy) is 1. The predicted molar refractivity (Wildman–Crippen MR) is 91.5 cm³/mol. The van der Waals surface area contributed by atoms with Crippen molar-refractivity contribution in [2.75, 3.05) is 25.5 Å². The number of nitrogens with zero attached hydrogens (tertiary/aromatic N) is 1. The van der Waals surface area contributed by atoms with Crippen molar-refractivity contribution >= 4 is 11.5 Å². The highest BCUT2D eigenvalue weighted by atomic mass is 16.5. The molecule has 2 saturated heterocycles. The Bertz CT molecular complexity index is 777. The molecule has 2 bridgehead atoms. The Hall–Kier alpha value is -1.55. The fourth-order valence-corrected chi connectivity index (χ4v) is 7.49. The van der Waals surface area contributed by atoms with Gasteiger partial charge in [-0.3, -0.25) is 9.69 Å². The van der Waals surface area contributed by atoms with Gasteiger partial charge in [-0.1, -0.05) is 12.1 Å². The van der Waals surface area contributed by atoms with E-state index in [1.165, 1.54) is 31.4 Å². The predicted octanol–water partition coefficient (Wildman–Crippen LogP) is 2.72. The van der Waals surface area contributed by atoms with E-state index < -0.39 is 0 Å². The number of nitrogens with one attached hydrogen (secondary N) is 1. The molecule has 3 aliphatic heterocycles. The van der Waals surface area contributed by atoms with Crippen LogP contribution in [0.15, 0.2) is 18.2 Å². The standard InChI is InChI=1S/C20H24N2O2/c1-24-14-5-2-4-13-16(14)21-20-8-7-18(12-15(20)23)6-3-10-22-11-9-19(13,20)17(18)22/h2,4-5,17,21H,3,6-12H2,1H3. The highest BCUT2D eigenvalue weighted by molar-refractivity contribution is 6.00. The highest BCUT2D eigenvalue weighted by Crippen LogP contribution is 2.72. The molecule has 1 aromatic rings. The molecule has 5 fully saturated rings. The number of Topliss-reactive ketones (excluding diaryl/α,β-unsaturated/α-hetero) is 1. The lowest BCUT2D eigenvalue weighted by Crippen LogP contribution is -2.76. The van der Waals surface area contributed by atoms with E-state index >= 15 is 0 Å². The first-order valence-electron chi connectivity index (χ1n) is 9.40. The number of piperidine rings is 1. The molecule has 3 aliphatic carbocycles. The second kappa shape index (κ2) is 3.98. The molecular weight excluding hydrogens is 300 g/mol. The molecule has 0 radical (unpaired) electrons. The summed E-state index contributed by atoms with van der Waals surface area (Å²) in [6.45, 7) is 2.34. The third kappa shape index (κ3) is 1.17. The molecule has 1 N–H and O–H groups in total. The molecule has 4 atom stereocenters. The molecule has 4 unspecified atom stereocenters. The third-order valence-corrected chi connectivity index (χ3v) is 8.14. The van der Waals surface area contributed by atoms with Crippen LogP contribution < -0.4 is 10.1 Å². The summed E-state index contributed by atoms with van der Waals surface area (Å²) in [5, 5.41) is 3.75. The van der Waals surface area contributed by atoms with E-state index in [0.29, 0.717) is 11.8 Å². The summed E-state index contributed by atoms with van der Waals surface area (Å²) in [5.41, 5.74) is 2.25. The molecule has 1 aromatic carbocycles. The first-order valence-corrected chi connectivity index (χ1v) is 9.40. The van der Waals surface area contributed by atoms with Gasteiger partial charge in [0, 0.05) is 17.9 Å². The van der Waals surface area contributed by atoms with Gasteiger partial charge in [-0.05, 0) is 62.2 Å². The van der Waals surface area contributed by atoms with Gasteiger partial charge in [0.15, 0.2) is 5.78 Å². The van der Waals surface area contributed by atoms with Crippen molar-refractivity contribution in [1.29, 1.82) is 0 Å². The summed E-state index contributed by atoms with van der Waals surface area (Å²) in [6.07, 6.45) is 6.57. The van der Waals surface area contributed by atoms with Gasteiger partial charge in [-0.15, -0.1) is 0 Å². The Morgan fingerprint density at radius 1 is 1.21 bits per heavy atom. The smallest absolute Gasteiger partial charge is 0.159 e. The van der Waals surface area contributed by atoms with E-state index in [9.17, 15) is 4.79 Å². The van der Waals surface area contributed by atoms with Crippen LogP contribution in [0.3, 0.4) is 0 Å². The summed E-state index contributed by atoms with van der Waals surface area (Å²) in [5.74, 6) is 1.36. The first-order chi connectivity index (χ1) is 11.7. The number of para-hydroxylation sites is 1. The van der Waals surface area contributed by atoms with Crippen molar-refractivity contribution < 1.29 is 9.53 Å². The fourth-order valence-electron chi connectivity index (χ4n) is 7.49. The Labute approximate surface area is 142 Å². The van der Waals surface area contributed by atoms with Crippen LogP contribution in [0.25, 0.3) is 0 Å². The van der Waals surface area contributed by atoms with E-state index in [1.807, 2.05) is 6.07 Å². The summed E-state index contributed by atoms with van der Waals surface area (Å²) >= 11 is 0. The highest BCUT2D eigenvalue weighted by Gasteiger charge is 2.78. The molecule has 3 saturated carbocycles. The van der Waals surface area contributed by atoms with Crippen LogP contribution in [-0.4, -0.2) is 42.5 Å². The lowest BCUT2D eigenvalue weighted by molar-refractivity contribution is -0.152. The van der Waals surface area contributed by atoms with Crippen molar-refractivity contribution in [2.45, 2.75) is 55.5 Å². The minimum Gasteiger partial charge on any atom is -0.495 e. The zero-order valence-electron chi connectivity index (χ0n) is 14.2. The van der Waals surface area contributed by atoms with Gasteiger partial charge in [0.2, 0.25) is 0 Å². The topological polar surface area (TPSA) is 41.6 Å².